The predicted octanol–water partition coefficient (Wildman–Crippen LogP) is 2.32. The molecule has 2 fully saturated rings. The van der Waals surface area contributed by atoms with Gasteiger partial charge in [0.1, 0.15) is 0 Å². The van der Waals surface area contributed by atoms with Crippen LogP contribution in [0.2, 0.25) is 0 Å². The van der Waals surface area contributed by atoms with Crippen LogP contribution in [0.3, 0.4) is 0 Å². The van der Waals surface area contributed by atoms with E-state index in [1.165, 1.54) is 19.3 Å². The van der Waals surface area contributed by atoms with Crippen LogP contribution in [0.4, 0.5) is 0 Å². The molecule has 1 aliphatic carbocycles. The highest BCUT2D eigenvalue weighted by Crippen LogP contribution is 2.41. The van der Waals surface area contributed by atoms with Gasteiger partial charge in [0.05, 0.1) is 0 Å². The summed E-state index contributed by atoms with van der Waals surface area (Å²) in [5, 5.41) is 6.66. The van der Waals surface area contributed by atoms with Gasteiger partial charge in [-0.25, -0.2) is 0 Å². The molecule has 1 heterocycles. The summed E-state index contributed by atoms with van der Waals surface area (Å²) in [6, 6.07) is 0. The second kappa shape index (κ2) is 6.05. The molecule has 2 unspecified atom stereocenters. The van der Waals surface area contributed by atoms with E-state index < -0.39 is 0 Å². The van der Waals surface area contributed by atoms with E-state index in [4.69, 9.17) is 0 Å². The minimum Gasteiger partial charge on any atom is -0.355 e. The Kier molecular flexibility index (Phi) is 4.66. The second-order valence-corrected chi connectivity index (χ2v) is 6.28. The van der Waals surface area contributed by atoms with Gasteiger partial charge >= 0.3 is 0 Å². The van der Waals surface area contributed by atoms with E-state index in [0.29, 0.717) is 17.7 Å². The van der Waals surface area contributed by atoms with Gasteiger partial charge < -0.3 is 10.6 Å². The summed E-state index contributed by atoms with van der Waals surface area (Å²) in [6.45, 7) is 7.53. The molecule has 3 heteroatoms. The molecule has 2 N–H and O–H groups in total. The Morgan fingerprint density at radius 1 is 1.39 bits per heavy atom. The van der Waals surface area contributed by atoms with Crippen molar-refractivity contribution in [3.8, 4) is 0 Å². The zero-order chi connectivity index (χ0) is 13.0. The Morgan fingerprint density at radius 3 is 2.72 bits per heavy atom. The lowest BCUT2D eigenvalue weighted by molar-refractivity contribution is -0.131. The molecule has 3 nitrogen and oxygen atoms in total. The van der Waals surface area contributed by atoms with Gasteiger partial charge in [-0.3, -0.25) is 4.79 Å². The number of rotatable bonds is 4. The molecule has 1 amide bonds. The number of carbonyl (C=O) groups excluding carboxylic acids is 1. The minimum atomic E-state index is -0.0316. The van der Waals surface area contributed by atoms with Crippen LogP contribution < -0.4 is 10.6 Å². The third-order valence-corrected chi connectivity index (χ3v) is 5.21. The standard InChI is InChI=1S/C15H28N2O/c1-3-15(7-4-5-8-15)14(18)17-11-13-6-9-16-10-12(13)2/h12-13,16H,3-11H2,1-2H3,(H,17,18). The van der Waals surface area contributed by atoms with Crippen molar-refractivity contribution < 1.29 is 4.79 Å². The summed E-state index contributed by atoms with van der Waals surface area (Å²) in [5.41, 5.74) is -0.0316. The molecule has 0 bridgehead atoms. The molecule has 0 aromatic heterocycles. The van der Waals surface area contributed by atoms with Crippen LogP contribution in [0, 0.1) is 17.3 Å². The number of nitrogens with one attached hydrogen (secondary N) is 2. The SMILES string of the molecule is CCC1(C(=O)NCC2CCNCC2C)CCCC1. The molecule has 104 valence electrons. The van der Waals surface area contributed by atoms with Gasteiger partial charge in [-0.2, -0.15) is 0 Å². The van der Waals surface area contributed by atoms with Gasteiger partial charge in [0.25, 0.3) is 0 Å². The van der Waals surface area contributed by atoms with E-state index in [9.17, 15) is 4.79 Å². The van der Waals surface area contributed by atoms with Crippen molar-refractivity contribution in [2.45, 2.75) is 52.4 Å². The fourth-order valence-electron chi connectivity index (χ4n) is 3.58. The molecule has 0 spiro atoms. The first-order valence-corrected chi connectivity index (χ1v) is 7.67. The molecule has 1 saturated carbocycles. The fraction of sp³-hybridized carbons (Fsp3) is 0.933. The molecule has 1 saturated heterocycles. The molecule has 0 radical (unpaired) electrons. The fourth-order valence-corrected chi connectivity index (χ4v) is 3.58. The Labute approximate surface area is 111 Å². The van der Waals surface area contributed by atoms with E-state index in [1.54, 1.807) is 0 Å². The average molecular weight is 252 g/mol. The average Bonchev–Trinajstić information content (AvgIpc) is 2.87. The first kappa shape index (κ1) is 13.9. The molecule has 0 aromatic carbocycles. The molecule has 2 atom stereocenters. The summed E-state index contributed by atoms with van der Waals surface area (Å²) in [6.07, 6.45) is 6.84. The van der Waals surface area contributed by atoms with Crippen LogP contribution in [0.5, 0.6) is 0 Å². The summed E-state index contributed by atoms with van der Waals surface area (Å²) in [4.78, 5) is 12.4. The maximum atomic E-state index is 12.4. The zero-order valence-electron chi connectivity index (χ0n) is 11.9. The van der Waals surface area contributed by atoms with Gasteiger partial charge in [-0.1, -0.05) is 26.7 Å². The number of piperidine rings is 1. The summed E-state index contributed by atoms with van der Waals surface area (Å²) in [5.74, 6) is 1.67. The molecular weight excluding hydrogens is 224 g/mol. The summed E-state index contributed by atoms with van der Waals surface area (Å²) in [7, 11) is 0. The van der Waals surface area contributed by atoms with Gasteiger partial charge in [-0.15, -0.1) is 0 Å². The molecule has 1 aliphatic heterocycles. The molecule has 0 aromatic rings. The zero-order valence-corrected chi connectivity index (χ0v) is 11.9. The number of amides is 1. The third-order valence-electron chi connectivity index (χ3n) is 5.21. The predicted molar refractivity (Wildman–Crippen MR) is 74.3 cm³/mol. The van der Waals surface area contributed by atoms with Crippen molar-refractivity contribution in [1.82, 2.24) is 10.6 Å². The number of carbonyl (C=O) groups is 1. The molecular formula is C15H28N2O. The highest BCUT2D eigenvalue weighted by Gasteiger charge is 2.39. The van der Waals surface area contributed by atoms with Crippen molar-refractivity contribution in [2.75, 3.05) is 19.6 Å². The lowest BCUT2D eigenvalue weighted by atomic mass is 9.81. The highest BCUT2D eigenvalue weighted by atomic mass is 16.2. The van der Waals surface area contributed by atoms with Crippen molar-refractivity contribution in [2.24, 2.45) is 17.3 Å². The first-order valence-electron chi connectivity index (χ1n) is 7.67. The van der Waals surface area contributed by atoms with Crippen LogP contribution in [0.15, 0.2) is 0 Å². The molecule has 2 rings (SSSR count). The largest absolute Gasteiger partial charge is 0.355 e. The Hall–Kier alpha value is -0.570. The van der Waals surface area contributed by atoms with Gasteiger partial charge in [0.2, 0.25) is 5.91 Å². The van der Waals surface area contributed by atoms with Crippen molar-refractivity contribution in [3.05, 3.63) is 0 Å². The lowest BCUT2D eigenvalue weighted by Gasteiger charge is -2.32. The van der Waals surface area contributed by atoms with E-state index >= 15 is 0 Å². The van der Waals surface area contributed by atoms with Crippen molar-refractivity contribution in [1.29, 1.82) is 0 Å². The summed E-state index contributed by atoms with van der Waals surface area (Å²) < 4.78 is 0. The summed E-state index contributed by atoms with van der Waals surface area (Å²) >= 11 is 0. The number of hydrogen-bond acceptors (Lipinski definition) is 2. The third kappa shape index (κ3) is 2.87. The smallest absolute Gasteiger partial charge is 0.226 e. The lowest BCUT2D eigenvalue weighted by Crippen LogP contribution is -2.45. The van der Waals surface area contributed by atoms with Crippen LogP contribution in [-0.4, -0.2) is 25.5 Å². The van der Waals surface area contributed by atoms with E-state index in [1.807, 2.05) is 0 Å². The van der Waals surface area contributed by atoms with Crippen molar-refractivity contribution >= 4 is 5.91 Å². The first-order chi connectivity index (χ1) is 8.68. The van der Waals surface area contributed by atoms with Gasteiger partial charge in [0.15, 0.2) is 0 Å². The Morgan fingerprint density at radius 2 is 2.11 bits per heavy atom. The maximum Gasteiger partial charge on any atom is 0.226 e. The van der Waals surface area contributed by atoms with Gasteiger partial charge in [0, 0.05) is 12.0 Å². The molecule has 18 heavy (non-hydrogen) atoms. The number of hydrogen-bond donors (Lipinski definition) is 2. The Bertz CT molecular complexity index is 284. The quantitative estimate of drug-likeness (QED) is 0.806. The van der Waals surface area contributed by atoms with Crippen molar-refractivity contribution in [3.63, 3.8) is 0 Å². The van der Waals surface area contributed by atoms with Crippen LogP contribution >= 0.6 is 0 Å². The van der Waals surface area contributed by atoms with Crippen LogP contribution in [0.25, 0.3) is 0 Å². The van der Waals surface area contributed by atoms with Crippen LogP contribution in [0.1, 0.15) is 52.4 Å². The van der Waals surface area contributed by atoms with E-state index in [2.05, 4.69) is 24.5 Å². The molecule has 2 aliphatic rings. The van der Waals surface area contributed by atoms with Gasteiger partial charge in [-0.05, 0) is 50.6 Å². The maximum absolute atomic E-state index is 12.4. The second-order valence-electron chi connectivity index (χ2n) is 6.28. The highest BCUT2D eigenvalue weighted by molar-refractivity contribution is 5.82. The normalized spacial score (nSPS) is 31.2. The van der Waals surface area contributed by atoms with Crippen LogP contribution in [-0.2, 0) is 4.79 Å². The minimum absolute atomic E-state index is 0.0316. The van der Waals surface area contributed by atoms with E-state index in [0.717, 1.165) is 38.9 Å². The van der Waals surface area contributed by atoms with E-state index in [-0.39, 0.29) is 5.41 Å². The monoisotopic (exact) mass is 252 g/mol. The topological polar surface area (TPSA) is 41.1 Å². The Balaban J connectivity index is 1.83.